The predicted molar refractivity (Wildman–Crippen MR) is 166 cm³/mol. The number of ether oxygens (including phenoxy) is 1. The van der Waals surface area contributed by atoms with Gasteiger partial charge in [-0.3, -0.25) is 4.90 Å². The van der Waals surface area contributed by atoms with Gasteiger partial charge < -0.3 is 14.7 Å². The number of carboxylic acids is 1. The fourth-order valence-corrected chi connectivity index (χ4v) is 6.48. The topological polar surface area (TPSA) is 83.0 Å². The fourth-order valence-electron chi connectivity index (χ4n) is 6.48. The molecule has 0 atom stereocenters. The molecule has 1 aromatic heterocycles. The van der Waals surface area contributed by atoms with E-state index in [2.05, 4.69) is 29.2 Å². The van der Waals surface area contributed by atoms with Gasteiger partial charge in [0.2, 0.25) is 0 Å². The second kappa shape index (κ2) is 11.3. The van der Waals surface area contributed by atoms with Gasteiger partial charge >= 0.3 is 12.1 Å². The van der Waals surface area contributed by atoms with Gasteiger partial charge in [0.05, 0.1) is 16.8 Å². The number of benzene rings is 4. The summed E-state index contributed by atoms with van der Waals surface area (Å²) < 4.78 is 5.89. The van der Waals surface area contributed by atoms with E-state index >= 15 is 0 Å². The third-order valence-corrected chi connectivity index (χ3v) is 8.60. The molecule has 0 unspecified atom stereocenters. The maximum absolute atomic E-state index is 13.2. The van der Waals surface area contributed by atoms with Gasteiger partial charge in [-0.05, 0) is 28.3 Å². The number of aromatic carboxylic acids is 1. The van der Waals surface area contributed by atoms with Gasteiger partial charge in [0.15, 0.2) is 0 Å². The van der Waals surface area contributed by atoms with E-state index in [1.165, 1.54) is 22.3 Å². The number of piperazine rings is 1. The molecule has 0 saturated carbocycles. The Morgan fingerprint density at radius 2 is 1.37 bits per heavy atom. The molecule has 1 amide bonds. The number of carbonyl (C=O) groups is 2. The lowest BCUT2D eigenvalue weighted by atomic mass is 9.96. The Kier molecular flexibility index (Phi) is 7.09. The van der Waals surface area contributed by atoms with Crippen LogP contribution in [-0.2, 0) is 11.3 Å². The second-order valence-corrected chi connectivity index (χ2v) is 11.1. The number of hydrogen-bond acceptors (Lipinski definition) is 5. The minimum atomic E-state index is -0.969. The van der Waals surface area contributed by atoms with Gasteiger partial charge in [-0.25, -0.2) is 14.6 Å². The summed E-state index contributed by atoms with van der Waals surface area (Å²) in [4.78, 5) is 34.6. The van der Waals surface area contributed by atoms with Crippen molar-refractivity contribution in [3.63, 3.8) is 0 Å². The first-order chi connectivity index (χ1) is 21.1. The van der Waals surface area contributed by atoms with E-state index in [4.69, 9.17) is 9.72 Å². The molecule has 214 valence electrons. The molecule has 7 heteroatoms. The molecule has 1 saturated heterocycles. The molecule has 1 N–H and O–H groups in total. The van der Waals surface area contributed by atoms with Crippen LogP contribution in [0.25, 0.3) is 33.3 Å². The molecule has 1 aliphatic heterocycles. The molecule has 7 rings (SSSR count). The normalized spacial score (nSPS) is 14.8. The zero-order valence-corrected chi connectivity index (χ0v) is 23.6. The standard InChI is InChI=1S/C36H31N3O4/c40-35(41)33-29-16-8-9-17-32(29)37-34(24-10-2-1-3-11-24)30(33)22-38-18-20-39(21-19-38)36(42)43-23-31-27-14-6-4-12-25(27)26-13-5-7-15-28(26)31/h1-17,31H,18-23H2,(H,40,41). The Morgan fingerprint density at radius 1 is 0.767 bits per heavy atom. The maximum Gasteiger partial charge on any atom is 0.409 e. The second-order valence-electron chi connectivity index (χ2n) is 11.1. The monoisotopic (exact) mass is 569 g/mol. The molecule has 5 aromatic rings. The van der Waals surface area contributed by atoms with Gasteiger partial charge in [0.1, 0.15) is 6.61 Å². The summed E-state index contributed by atoms with van der Waals surface area (Å²) in [6.07, 6.45) is -0.315. The zero-order valence-electron chi connectivity index (χ0n) is 23.6. The number of hydrogen-bond donors (Lipinski definition) is 1. The van der Waals surface area contributed by atoms with E-state index in [-0.39, 0.29) is 24.2 Å². The number of para-hydroxylation sites is 1. The lowest BCUT2D eigenvalue weighted by Crippen LogP contribution is -2.48. The number of fused-ring (bicyclic) bond motifs is 4. The molecule has 1 aliphatic carbocycles. The highest BCUT2D eigenvalue weighted by molar-refractivity contribution is 6.05. The van der Waals surface area contributed by atoms with Crippen molar-refractivity contribution < 1.29 is 19.4 Å². The van der Waals surface area contributed by atoms with Crippen molar-refractivity contribution in [3.05, 3.63) is 125 Å². The third-order valence-electron chi connectivity index (χ3n) is 8.60. The van der Waals surface area contributed by atoms with E-state index in [9.17, 15) is 14.7 Å². The molecule has 4 aromatic carbocycles. The van der Waals surface area contributed by atoms with Crippen LogP contribution in [0.15, 0.2) is 103 Å². The smallest absolute Gasteiger partial charge is 0.409 e. The largest absolute Gasteiger partial charge is 0.478 e. The number of nitrogens with zero attached hydrogens (tertiary/aromatic N) is 3. The van der Waals surface area contributed by atoms with E-state index in [1.807, 2.05) is 78.9 Å². The molecule has 1 fully saturated rings. The van der Waals surface area contributed by atoms with Crippen LogP contribution in [0.4, 0.5) is 4.79 Å². The molecular formula is C36H31N3O4. The van der Waals surface area contributed by atoms with Crippen molar-refractivity contribution >= 4 is 23.0 Å². The predicted octanol–water partition coefficient (Wildman–Crippen LogP) is 6.67. The lowest BCUT2D eigenvalue weighted by molar-refractivity contribution is 0.0690. The fraction of sp³-hybridized carbons (Fsp3) is 0.194. The van der Waals surface area contributed by atoms with Crippen LogP contribution in [0.1, 0.15) is 33.0 Å². The maximum atomic E-state index is 13.2. The van der Waals surface area contributed by atoms with Gasteiger partial charge in [-0.1, -0.05) is 97.1 Å². The van der Waals surface area contributed by atoms with Crippen LogP contribution < -0.4 is 0 Å². The van der Waals surface area contributed by atoms with Crippen LogP contribution in [0, 0.1) is 0 Å². The van der Waals surface area contributed by atoms with Crippen LogP contribution in [-0.4, -0.2) is 64.7 Å². The van der Waals surface area contributed by atoms with Gasteiger partial charge in [0, 0.05) is 55.2 Å². The Hall–Kier alpha value is -5.01. The Labute approximate surface area is 250 Å². The van der Waals surface area contributed by atoms with E-state index in [0.29, 0.717) is 54.9 Å². The molecule has 0 radical (unpaired) electrons. The highest BCUT2D eigenvalue weighted by atomic mass is 16.6. The summed E-state index contributed by atoms with van der Waals surface area (Å²) in [6.45, 7) is 2.91. The SMILES string of the molecule is O=C(O)c1c(CN2CCN(C(=O)OCC3c4ccccc4-c4ccccc43)CC2)c(-c2ccccc2)nc2ccccc12. The van der Waals surface area contributed by atoms with Crippen LogP contribution in [0.5, 0.6) is 0 Å². The van der Waals surface area contributed by atoms with Crippen LogP contribution in [0.2, 0.25) is 0 Å². The Bertz CT molecular complexity index is 1780. The van der Waals surface area contributed by atoms with E-state index < -0.39 is 5.97 Å². The highest BCUT2D eigenvalue weighted by Crippen LogP contribution is 2.44. The number of carbonyl (C=O) groups excluding carboxylic acids is 1. The summed E-state index contributed by atoms with van der Waals surface area (Å²) >= 11 is 0. The summed E-state index contributed by atoms with van der Waals surface area (Å²) in [7, 11) is 0. The summed E-state index contributed by atoms with van der Waals surface area (Å²) in [5.74, 6) is -0.952. The van der Waals surface area contributed by atoms with Crippen LogP contribution >= 0.6 is 0 Å². The number of carboxylic acid groups (broad SMARTS) is 1. The van der Waals surface area contributed by atoms with Gasteiger partial charge in [-0.2, -0.15) is 0 Å². The first-order valence-electron chi connectivity index (χ1n) is 14.6. The molecular weight excluding hydrogens is 538 g/mol. The Morgan fingerprint density at radius 3 is 2.05 bits per heavy atom. The van der Waals surface area contributed by atoms with Crippen molar-refractivity contribution in [3.8, 4) is 22.4 Å². The van der Waals surface area contributed by atoms with Crippen molar-refractivity contribution in [2.45, 2.75) is 12.5 Å². The number of amides is 1. The molecule has 7 nitrogen and oxygen atoms in total. The van der Waals surface area contributed by atoms with Gasteiger partial charge in [-0.15, -0.1) is 0 Å². The first kappa shape index (κ1) is 26.9. The summed E-state index contributed by atoms with van der Waals surface area (Å²) in [5.41, 5.74) is 7.96. The average Bonchev–Trinajstić information content (AvgIpc) is 3.37. The Balaban J connectivity index is 1.06. The molecule has 0 bridgehead atoms. The van der Waals surface area contributed by atoms with Crippen molar-refractivity contribution in [1.82, 2.24) is 14.8 Å². The molecule has 2 heterocycles. The first-order valence-corrected chi connectivity index (χ1v) is 14.6. The highest BCUT2D eigenvalue weighted by Gasteiger charge is 2.31. The molecule has 0 spiro atoms. The van der Waals surface area contributed by atoms with Crippen LogP contribution in [0.3, 0.4) is 0 Å². The van der Waals surface area contributed by atoms with Gasteiger partial charge in [0.25, 0.3) is 0 Å². The van der Waals surface area contributed by atoms with Crippen molar-refractivity contribution in [2.24, 2.45) is 0 Å². The summed E-state index contributed by atoms with van der Waals surface area (Å²) in [5, 5.41) is 11.0. The van der Waals surface area contributed by atoms with Crippen molar-refractivity contribution in [2.75, 3.05) is 32.8 Å². The zero-order chi connectivity index (χ0) is 29.3. The average molecular weight is 570 g/mol. The quantitative estimate of drug-likeness (QED) is 0.246. The molecule has 2 aliphatic rings. The number of rotatable bonds is 6. The number of pyridine rings is 1. The van der Waals surface area contributed by atoms with E-state index in [1.54, 1.807) is 4.90 Å². The minimum Gasteiger partial charge on any atom is -0.478 e. The lowest BCUT2D eigenvalue weighted by Gasteiger charge is -2.35. The van der Waals surface area contributed by atoms with Crippen molar-refractivity contribution in [1.29, 1.82) is 0 Å². The van der Waals surface area contributed by atoms with E-state index in [0.717, 1.165) is 5.56 Å². The third kappa shape index (κ3) is 5.02. The summed E-state index contributed by atoms with van der Waals surface area (Å²) in [6, 6.07) is 33.7. The minimum absolute atomic E-state index is 0.0175. The molecule has 43 heavy (non-hydrogen) atoms. The number of aromatic nitrogens is 1.